The standard InChI is InChI=1S/C15H20ClN3O2S/c1-3-6-17-14(20)10-22-15-18-12-9-11(16)4-5-13(12)19(15)7-8-21-2/h4-5,9H,3,6-8,10H2,1-2H3,(H,17,20). The van der Waals surface area contributed by atoms with Crippen LogP contribution in [-0.4, -0.2) is 41.5 Å². The molecule has 0 saturated carbocycles. The largest absolute Gasteiger partial charge is 0.383 e. The molecule has 1 amide bonds. The van der Waals surface area contributed by atoms with Crippen molar-refractivity contribution >= 4 is 40.3 Å². The molecule has 0 radical (unpaired) electrons. The predicted octanol–water partition coefficient (Wildman–Crippen LogP) is 2.95. The van der Waals surface area contributed by atoms with E-state index >= 15 is 0 Å². The fraction of sp³-hybridized carbons (Fsp3) is 0.467. The SMILES string of the molecule is CCCNC(=O)CSc1nc2cc(Cl)ccc2n1CCOC. The molecule has 0 aliphatic carbocycles. The number of thioether (sulfide) groups is 1. The van der Waals surface area contributed by atoms with E-state index in [1.807, 2.05) is 25.1 Å². The summed E-state index contributed by atoms with van der Waals surface area (Å²) in [6.07, 6.45) is 0.932. The van der Waals surface area contributed by atoms with Crippen LogP contribution in [0.3, 0.4) is 0 Å². The van der Waals surface area contributed by atoms with Gasteiger partial charge in [0.25, 0.3) is 0 Å². The Morgan fingerprint density at radius 1 is 1.50 bits per heavy atom. The summed E-state index contributed by atoms with van der Waals surface area (Å²) in [5, 5.41) is 4.33. The van der Waals surface area contributed by atoms with E-state index in [9.17, 15) is 4.79 Å². The van der Waals surface area contributed by atoms with Gasteiger partial charge in [-0.2, -0.15) is 0 Å². The lowest BCUT2D eigenvalue weighted by atomic mass is 10.3. The predicted molar refractivity (Wildman–Crippen MR) is 90.6 cm³/mol. The van der Waals surface area contributed by atoms with E-state index in [1.165, 1.54) is 11.8 Å². The van der Waals surface area contributed by atoms with Crippen molar-refractivity contribution < 1.29 is 9.53 Å². The van der Waals surface area contributed by atoms with Gasteiger partial charge in [-0.15, -0.1) is 0 Å². The molecule has 7 heteroatoms. The molecule has 0 atom stereocenters. The number of benzene rings is 1. The topological polar surface area (TPSA) is 56.2 Å². The van der Waals surface area contributed by atoms with Gasteiger partial charge < -0.3 is 14.6 Å². The summed E-state index contributed by atoms with van der Waals surface area (Å²) in [6.45, 7) is 4.01. The van der Waals surface area contributed by atoms with Crippen LogP contribution < -0.4 is 5.32 Å². The maximum atomic E-state index is 11.8. The zero-order chi connectivity index (χ0) is 15.9. The molecule has 1 aromatic carbocycles. The van der Waals surface area contributed by atoms with E-state index in [0.29, 0.717) is 30.5 Å². The zero-order valence-corrected chi connectivity index (χ0v) is 14.3. The minimum Gasteiger partial charge on any atom is -0.383 e. The third kappa shape index (κ3) is 4.38. The number of rotatable bonds is 8. The van der Waals surface area contributed by atoms with Gasteiger partial charge in [0.2, 0.25) is 5.91 Å². The first-order valence-corrected chi connectivity index (χ1v) is 8.56. The summed E-state index contributed by atoms with van der Waals surface area (Å²) < 4.78 is 7.22. The van der Waals surface area contributed by atoms with Crippen LogP contribution in [-0.2, 0) is 16.1 Å². The van der Waals surface area contributed by atoms with Crippen molar-refractivity contribution in [2.75, 3.05) is 26.0 Å². The average molecular weight is 342 g/mol. The number of ether oxygens (including phenoxy) is 1. The lowest BCUT2D eigenvalue weighted by Crippen LogP contribution is -2.25. The third-order valence-electron chi connectivity index (χ3n) is 3.10. The molecule has 1 heterocycles. The highest BCUT2D eigenvalue weighted by Crippen LogP contribution is 2.26. The summed E-state index contributed by atoms with van der Waals surface area (Å²) >= 11 is 7.45. The molecule has 0 fully saturated rings. The summed E-state index contributed by atoms with van der Waals surface area (Å²) in [4.78, 5) is 16.3. The van der Waals surface area contributed by atoms with Crippen LogP contribution in [0.25, 0.3) is 11.0 Å². The highest BCUT2D eigenvalue weighted by molar-refractivity contribution is 7.99. The number of amides is 1. The Hall–Kier alpha value is -1.24. The molecular formula is C15H20ClN3O2S. The van der Waals surface area contributed by atoms with Gasteiger partial charge in [-0.25, -0.2) is 4.98 Å². The molecule has 120 valence electrons. The number of carbonyl (C=O) groups is 1. The van der Waals surface area contributed by atoms with Crippen LogP contribution in [0.4, 0.5) is 0 Å². The smallest absolute Gasteiger partial charge is 0.230 e. The van der Waals surface area contributed by atoms with E-state index in [2.05, 4.69) is 14.9 Å². The van der Waals surface area contributed by atoms with E-state index in [4.69, 9.17) is 16.3 Å². The number of hydrogen-bond donors (Lipinski definition) is 1. The summed E-state index contributed by atoms with van der Waals surface area (Å²) in [5.41, 5.74) is 1.83. The maximum absolute atomic E-state index is 11.8. The van der Waals surface area contributed by atoms with Crippen molar-refractivity contribution in [2.45, 2.75) is 25.0 Å². The zero-order valence-electron chi connectivity index (χ0n) is 12.8. The molecule has 2 rings (SSSR count). The van der Waals surface area contributed by atoms with Crippen molar-refractivity contribution in [2.24, 2.45) is 0 Å². The monoisotopic (exact) mass is 341 g/mol. The molecule has 0 spiro atoms. The number of methoxy groups -OCH3 is 1. The number of imidazole rings is 1. The molecule has 0 saturated heterocycles. The highest BCUT2D eigenvalue weighted by atomic mass is 35.5. The van der Waals surface area contributed by atoms with Crippen LogP contribution in [0, 0.1) is 0 Å². The van der Waals surface area contributed by atoms with E-state index in [-0.39, 0.29) is 5.91 Å². The molecule has 22 heavy (non-hydrogen) atoms. The quantitative estimate of drug-likeness (QED) is 0.750. The van der Waals surface area contributed by atoms with Crippen LogP contribution in [0.15, 0.2) is 23.4 Å². The number of hydrogen-bond acceptors (Lipinski definition) is 4. The van der Waals surface area contributed by atoms with Crippen LogP contribution in [0.1, 0.15) is 13.3 Å². The average Bonchev–Trinajstić information content (AvgIpc) is 2.85. The van der Waals surface area contributed by atoms with Gasteiger partial charge >= 0.3 is 0 Å². The van der Waals surface area contributed by atoms with Gasteiger partial charge in [0.05, 0.1) is 23.4 Å². The summed E-state index contributed by atoms with van der Waals surface area (Å²) in [6, 6.07) is 5.63. The second kappa shape index (κ2) is 8.41. The number of halogens is 1. The molecule has 1 aromatic heterocycles. The van der Waals surface area contributed by atoms with Crippen LogP contribution in [0.5, 0.6) is 0 Å². The van der Waals surface area contributed by atoms with Crippen molar-refractivity contribution in [3.8, 4) is 0 Å². The normalized spacial score (nSPS) is 11.0. The minimum atomic E-state index is 0.0234. The maximum Gasteiger partial charge on any atom is 0.230 e. The van der Waals surface area contributed by atoms with E-state index < -0.39 is 0 Å². The highest BCUT2D eigenvalue weighted by Gasteiger charge is 2.13. The third-order valence-corrected chi connectivity index (χ3v) is 4.31. The first-order chi connectivity index (χ1) is 10.7. The van der Waals surface area contributed by atoms with Gasteiger partial charge in [0.15, 0.2) is 5.16 Å². The first kappa shape index (κ1) is 17.1. The lowest BCUT2D eigenvalue weighted by molar-refractivity contribution is -0.118. The Labute approximate surface area is 139 Å². The molecule has 0 aliphatic rings. The number of nitrogens with one attached hydrogen (secondary N) is 1. The molecule has 2 aromatic rings. The van der Waals surface area contributed by atoms with Gasteiger partial charge in [0.1, 0.15) is 0 Å². The number of aromatic nitrogens is 2. The summed E-state index contributed by atoms with van der Waals surface area (Å²) in [5.74, 6) is 0.375. The molecule has 0 unspecified atom stereocenters. The Morgan fingerprint density at radius 3 is 3.05 bits per heavy atom. The molecule has 0 aliphatic heterocycles. The minimum absolute atomic E-state index is 0.0234. The second-order valence-corrected chi connectivity index (χ2v) is 6.19. The Bertz CT molecular complexity index is 645. The molecule has 1 N–H and O–H groups in total. The Morgan fingerprint density at radius 2 is 2.32 bits per heavy atom. The van der Waals surface area contributed by atoms with Crippen LogP contribution >= 0.6 is 23.4 Å². The fourth-order valence-electron chi connectivity index (χ4n) is 2.04. The molecular weight excluding hydrogens is 322 g/mol. The lowest BCUT2D eigenvalue weighted by Gasteiger charge is -2.08. The molecule has 5 nitrogen and oxygen atoms in total. The van der Waals surface area contributed by atoms with Crippen molar-refractivity contribution in [1.82, 2.24) is 14.9 Å². The Kier molecular flexibility index (Phi) is 6.54. The van der Waals surface area contributed by atoms with E-state index in [1.54, 1.807) is 7.11 Å². The van der Waals surface area contributed by atoms with Gasteiger partial charge in [-0.1, -0.05) is 30.3 Å². The number of carbonyl (C=O) groups excluding carboxylic acids is 1. The fourth-order valence-corrected chi connectivity index (χ4v) is 3.07. The van der Waals surface area contributed by atoms with Crippen LogP contribution in [0.2, 0.25) is 5.02 Å². The number of nitrogens with zero attached hydrogens (tertiary/aromatic N) is 2. The van der Waals surface area contributed by atoms with Gasteiger partial charge in [-0.05, 0) is 24.6 Å². The number of fused-ring (bicyclic) bond motifs is 1. The van der Waals surface area contributed by atoms with Crippen molar-refractivity contribution in [3.05, 3.63) is 23.2 Å². The Balaban J connectivity index is 2.17. The van der Waals surface area contributed by atoms with Gasteiger partial charge in [0, 0.05) is 25.2 Å². The van der Waals surface area contributed by atoms with E-state index in [0.717, 1.165) is 22.6 Å². The summed E-state index contributed by atoms with van der Waals surface area (Å²) in [7, 11) is 1.67. The van der Waals surface area contributed by atoms with Crippen molar-refractivity contribution in [3.63, 3.8) is 0 Å². The van der Waals surface area contributed by atoms with Crippen molar-refractivity contribution in [1.29, 1.82) is 0 Å². The second-order valence-electron chi connectivity index (χ2n) is 4.81. The molecule has 0 bridgehead atoms. The van der Waals surface area contributed by atoms with Gasteiger partial charge in [-0.3, -0.25) is 4.79 Å². The first-order valence-electron chi connectivity index (χ1n) is 7.20.